The average Bonchev–Trinajstić information content (AvgIpc) is 1.80. The highest BCUT2D eigenvalue weighted by Gasteiger charge is 2.14. The molecule has 0 rings (SSSR count). The van der Waals surface area contributed by atoms with Gasteiger partial charge in [-0.3, -0.25) is 0 Å². The smallest absolute Gasteiger partial charge is 0.116 e. The number of carboxylic acids is 1. The van der Waals surface area contributed by atoms with Crippen molar-refractivity contribution in [3.63, 3.8) is 0 Å². The lowest BCUT2D eigenvalue weighted by atomic mass is 10.2. The fourth-order valence-corrected chi connectivity index (χ4v) is 0.802. The summed E-state index contributed by atoms with van der Waals surface area (Å²) < 4.78 is 0.697. The molecule has 0 saturated heterocycles. The van der Waals surface area contributed by atoms with Crippen LogP contribution in [0, 0.1) is 11.3 Å². The largest absolute Gasteiger partial charge is 0.550 e. The first-order chi connectivity index (χ1) is 6.19. The van der Waals surface area contributed by atoms with Crippen molar-refractivity contribution in [2.75, 3.05) is 27.7 Å². The molecule has 0 aromatic rings. The molecule has 0 aliphatic rings. The van der Waals surface area contributed by atoms with Crippen LogP contribution in [-0.4, -0.2) is 49.4 Å². The molecular weight excluding hydrogens is 184 g/mol. The van der Waals surface area contributed by atoms with Crippen LogP contribution in [0.4, 0.5) is 0 Å². The van der Waals surface area contributed by atoms with E-state index in [1.807, 2.05) is 27.2 Å². The summed E-state index contributed by atoms with van der Waals surface area (Å²) in [7, 11) is 5.96. The second kappa shape index (κ2) is 7.30. The Bertz CT molecular complexity index is 199. The minimum Gasteiger partial charge on any atom is -0.550 e. The van der Waals surface area contributed by atoms with Gasteiger partial charge in [0.25, 0.3) is 0 Å². The number of quaternary nitrogens is 1. The summed E-state index contributed by atoms with van der Waals surface area (Å²) in [5.74, 6) is -1.08. The van der Waals surface area contributed by atoms with E-state index in [0.717, 1.165) is 6.92 Å². The second-order valence-corrected chi connectivity index (χ2v) is 3.98. The lowest BCUT2D eigenvalue weighted by Crippen LogP contribution is -2.41. The molecule has 1 N–H and O–H groups in total. The molecule has 82 valence electrons. The van der Waals surface area contributed by atoms with Gasteiger partial charge in [0, 0.05) is 5.97 Å². The average molecular weight is 202 g/mol. The van der Waals surface area contributed by atoms with Crippen LogP contribution in [-0.2, 0) is 4.79 Å². The first-order valence-electron chi connectivity index (χ1n) is 4.22. The predicted molar refractivity (Wildman–Crippen MR) is 49.8 cm³/mol. The third-order valence-electron chi connectivity index (χ3n) is 1.09. The summed E-state index contributed by atoms with van der Waals surface area (Å²) >= 11 is 0. The highest BCUT2D eigenvalue weighted by molar-refractivity contribution is 5.60. The summed E-state index contributed by atoms with van der Waals surface area (Å²) in [4.78, 5) is 8.89. The number of likely N-dealkylation sites (N-methyl/N-ethyl adjacent to an activating group) is 1. The number of carboxylic acid groups (broad SMARTS) is 1. The second-order valence-electron chi connectivity index (χ2n) is 3.98. The fourth-order valence-electron chi connectivity index (χ4n) is 0.802. The number of aliphatic hydroxyl groups is 1. The third-order valence-corrected chi connectivity index (χ3v) is 1.09. The maximum absolute atomic E-state index is 9.15. The molecule has 5 nitrogen and oxygen atoms in total. The zero-order valence-electron chi connectivity index (χ0n) is 9.15. The van der Waals surface area contributed by atoms with Crippen LogP contribution < -0.4 is 5.11 Å². The van der Waals surface area contributed by atoms with Crippen LogP contribution in [0.15, 0.2) is 0 Å². The highest BCUT2D eigenvalue weighted by atomic mass is 16.4. The van der Waals surface area contributed by atoms with E-state index in [1.54, 1.807) is 0 Å². The van der Waals surface area contributed by atoms with Crippen LogP contribution >= 0.6 is 0 Å². The van der Waals surface area contributed by atoms with E-state index in [4.69, 9.17) is 20.3 Å². The molecular formula is C9H18N2O3. The van der Waals surface area contributed by atoms with Gasteiger partial charge >= 0.3 is 0 Å². The molecule has 0 saturated carbocycles. The summed E-state index contributed by atoms with van der Waals surface area (Å²) in [5, 5.41) is 26.3. The van der Waals surface area contributed by atoms with Gasteiger partial charge in [-0.05, 0) is 6.92 Å². The Kier molecular flexibility index (Phi) is 8.01. The predicted octanol–water partition coefficient (Wildman–Crippen LogP) is -1.28. The Balaban J connectivity index is 0. The van der Waals surface area contributed by atoms with Gasteiger partial charge in [-0.25, -0.2) is 0 Å². The minimum absolute atomic E-state index is 0.232. The standard InChI is InChI=1S/C7H15N2O.C2H4O2/c1-9(2,3)6-7(10)4-5-8;1-2(3)4/h7,10H,4,6H2,1-3H3;1H3,(H,3,4)/q+1;/p-1. The fraction of sp³-hybridized carbons (Fsp3) is 0.778. The van der Waals surface area contributed by atoms with Crippen LogP contribution in [0.25, 0.3) is 0 Å². The van der Waals surface area contributed by atoms with E-state index >= 15 is 0 Å². The number of nitriles is 1. The SMILES string of the molecule is CC(=O)[O-].C[N+](C)(C)CC(O)CC#N. The van der Waals surface area contributed by atoms with E-state index in [-0.39, 0.29) is 6.42 Å². The van der Waals surface area contributed by atoms with Gasteiger partial charge in [-0.15, -0.1) is 0 Å². The first kappa shape index (κ1) is 15.4. The zero-order chi connectivity index (χ0) is 11.8. The van der Waals surface area contributed by atoms with Gasteiger partial charge in [0.15, 0.2) is 0 Å². The van der Waals surface area contributed by atoms with Gasteiger partial charge < -0.3 is 19.5 Å². The van der Waals surface area contributed by atoms with Crippen molar-refractivity contribution in [3.8, 4) is 6.07 Å². The number of hydrogen-bond donors (Lipinski definition) is 1. The number of carbonyl (C=O) groups is 1. The maximum atomic E-state index is 9.15. The molecule has 0 spiro atoms. The molecule has 0 aliphatic heterocycles. The van der Waals surface area contributed by atoms with Crippen molar-refractivity contribution in [1.29, 1.82) is 5.26 Å². The Morgan fingerprint density at radius 1 is 1.57 bits per heavy atom. The lowest BCUT2D eigenvalue weighted by Gasteiger charge is -2.25. The van der Waals surface area contributed by atoms with Crippen LogP contribution in [0.3, 0.4) is 0 Å². The van der Waals surface area contributed by atoms with Crippen molar-refractivity contribution in [3.05, 3.63) is 0 Å². The minimum atomic E-state index is -1.08. The summed E-state index contributed by atoms with van der Waals surface area (Å²) in [6.45, 7) is 1.60. The van der Waals surface area contributed by atoms with Gasteiger partial charge in [0.1, 0.15) is 12.6 Å². The number of aliphatic hydroxyl groups excluding tert-OH is 1. The maximum Gasteiger partial charge on any atom is 0.116 e. The highest BCUT2D eigenvalue weighted by Crippen LogP contribution is 1.97. The van der Waals surface area contributed by atoms with Crippen molar-refractivity contribution >= 4 is 5.97 Å². The molecule has 0 aromatic heterocycles. The van der Waals surface area contributed by atoms with Crippen molar-refractivity contribution in [2.45, 2.75) is 19.4 Å². The van der Waals surface area contributed by atoms with Crippen LogP contribution in [0.2, 0.25) is 0 Å². The zero-order valence-corrected chi connectivity index (χ0v) is 9.15. The summed E-state index contributed by atoms with van der Waals surface area (Å²) in [5.41, 5.74) is 0. The Morgan fingerprint density at radius 2 is 1.93 bits per heavy atom. The van der Waals surface area contributed by atoms with E-state index in [9.17, 15) is 0 Å². The lowest BCUT2D eigenvalue weighted by molar-refractivity contribution is -0.873. The molecule has 0 amide bonds. The van der Waals surface area contributed by atoms with Crippen molar-refractivity contribution in [2.24, 2.45) is 0 Å². The van der Waals surface area contributed by atoms with E-state index < -0.39 is 12.1 Å². The summed E-state index contributed by atoms with van der Waals surface area (Å²) in [6.07, 6.45) is -0.250. The topological polar surface area (TPSA) is 84.2 Å². The molecule has 1 unspecified atom stereocenters. The summed E-state index contributed by atoms with van der Waals surface area (Å²) in [6, 6.07) is 1.93. The number of carbonyl (C=O) groups excluding carboxylic acids is 1. The molecule has 1 atom stereocenters. The monoisotopic (exact) mass is 202 g/mol. The molecule has 0 aliphatic carbocycles. The number of aliphatic carboxylic acids is 1. The van der Waals surface area contributed by atoms with E-state index in [2.05, 4.69) is 0 Å². The molecule has 0 radical (unpaired) electrons. The molecule has 0 bridgehead atoms. The van der Waals surface area contributed by atoms with E-state index in [1.165, 1.54) is 0 Å². The molecule has 5 heteroatoms. The van der Waals surface area contributed by atoms with Gasteiger partial charge in [0.05, 0.1) is 33.6 Å². The van der Waals surface area contributed by atoms with Crippen LogP contribution in [0.5, 0.6) is 0 Å². The molecule has 14 heavy (non-hydrogen) atoms. The molecule has 0 fully saturated rings. The Labute approximate surface area is 84.8 Å². The van der Waals surface area contributed by atoms with E-state index in [0.29, 0.717) is 11.0 Å². The molecule has 0 heterocycles. The van der Waals surface area contributed by atoms with Gasteiger partial charge in [0.2, 0.25) is 0 Å². The first-order valence-corrected chi connectivity index (χ1v) is 4.22. The van der Waals surface area contributed by atoms with Crippen molar-refractivity contribution in [1.82, 2.24) is 0 Å². The number of rotatable bonds is 3. The quantitative estimate of drug-likeness (QED) is 0.578. The Hall–Kier alpha value is -1.12. The molecule has 0 aromatic carbocycles. The normalized spacial score (nSPS) is 12.0. The number of nitrogens with zero attached hydrogens (tertiary/aromatic N) is 2. The number of hydrogen-bond acceptors (Lipinski definition) is 4. The van der Waals surface area contributed by atoms with Crippen LogP contribution in [0.1, 0.15) is 13.3 Å². The third kappa shape index (κ3) is 22.4. The van der Waals surface area contributed by atoms with Gasteiger partial charge in [-0.2, -0.15) is 5.26 Å². The Morgan fingerprint density at radius 3 is 2.14 bits per heavy atom. The van der Waals surface area contributed by atoms with Crippen molar-refractivity contribution < 1.29 is 19.5 Å². The van der Waals surface area contributed by atoms with Gasteiger partial charge in [-0.1, -0.05) is 0 Å².